The second-order valence-corrected chi connectivity index (χ2v) is 40.3. The molecule has 814 valence electrons. The fraction of sp³-hybridized carbons (Fsp3) is 0.889. The van der Waals surface area contributed by atoms with Crippen molar-refractivity contribution in [2.45, 2.75) is 211 Å². The van der Waals surface area contributed by atoms with E-state index < -0.39 is 0 Å². The molecule has 9 fully saturated rings. The van der Waals surface area contributed by atoms with E-state index in [4.69, 9.17) is 9.47 Å². The topological polar surface area (TPSA) is 210 Å². The Kier molecular flexibility index (Phi) is 87.9. The summed E-state index contributed by atoms with van der Waals surface area (Å²) in [5.74, 6) is 3.70. The van der Waals surface area contributed by atoms with E-state index in [2.05, 4.69) is 205 Å². The predicted molar refractivity (Wildman–Crippen MR) is 587 cm³/mol. The zero-order valence-electron chi connectivity index (χ0n) is 95.3. The lowest BCUT2D eigenvalue weighted by Gasteiger charge is -2.34. The lowest BCUT2D eigenvalue weighted by Crippen LogP contribution is -2.50. The molecule has 0 radical (unpaired) electrons. The number of anilines is 1. The highest BCUT2D eigenvalue weighted by Crippen LogP contribution is 2.24. The quantitative estimate of drug-likeness (QED) is 0.0657. The highest BCUT2D eigenvalue weighted by Gasteiger charge is 2.25. The van der Waals surface area contributed by atoms with Gasteiger partial charge in [-0.1, -0.05) is 92.9 Å². The van der Waals surface area contributed by atoms with E-state index >= 15 is 0 Å². The summed E-state index contributed by atoms with van der Waals surface area (Å²) in [4.78, 5) is 111. The van der Waals surface area contributed by atoms with Crippen LogP contribution in [0.25, 0.3) is 0 Å². The van der Waals surface area contributed by atoms with Gasteiger partial charge in [0.15, 0.2) is 0 Å². The minimum atomic E-state index is 0.104. The van der Waals surface area contributed by atoms with E-state index in [1.165, 1.54) is 221 Å². The molecule has 0 saturated carbocycles. The van der Waals surface area contributed by atoms with Crippen LogP contribution in [-0.4, -0.2) is 541 Å². The largest absolute Gasteiger partial charge is 0.388 e. The maximum atomic E-state index is 11.8. The van der Waals surface area contributed by atoms with Gasteiger partial charge in [0.1, 0.15) is 0 Å². The summed E-state index contributed by atoms with van der Waals surface area (Å²) in [5.41, 5.74) is 1.16. The second-order valence-electron chi connectivity index (χ2n) is 40.3. The molecule has 30 nitrogen and oxygen atoms in total. The van der Waals surface area contributed by atoms with Gasteiger partial charge in [0.2, 0.25) is 35.4 Å². The van der Waals surface area contributed by atoms with E-state index in [1.807, 2.05) is 73.2 Å². The summed E-state index contributed by atoms with van der Waals surface area (Å²) >= 11 is 0. The van der Waals surface area contributed by atoms with Crippen LogP contribution < -0.4 is 10.6 Å². The Morgan fingerprint density at radius 1 is 0.370 bits per heavy atom. The number of benzene rings is 1. The number of nitrogens with one attached hydrogen (secondary N) is 2. The van der Waals surface area contributed by atoms with Crippen LogP contribution in [0, 0.1) is 17.8 Å². The molecule has 0 aliphatic carbocycles. The molecular formula is C108H224N22O8. The molecule has 1 atom stereocenters. The van der Waals surface area contributed by atoms with Crippen molar-refractivity contribution in [1.82, 2.24) is 103 Å². The number of carbonyl (C=O) groups is 6. The summed E-state index contributed by atoms with van der Waals surface area (Å²) in [6.07, 6.45) is 26.8. The van der Waals surface area contributed by atoms with Gasteiger partial charge in [-0.3, -0.25) is 43.5 Å². The zero-order chi connectivity index (χ0) is 104. The molecule has 9 heterocycles. The van der Waals surface area contributed by atoms with Crippen LogP contribution in [-0.2, 0) is 38.2 Å². The van der Waals surface area contributed by atoms with Gasteiger partial charge in [-0.15, -0.1) is 0 Å². The number of piperazine rings is 1. The Morgan fingerprint density at radius 3 is 1.11 bits per heavy atom. The molecule has 9 aliphatic rings. The summed E-state index contributed by atoms with van der Waals surface area (Å²) in [6, 6.07) is 10.1. The van der Waals surface area contributed by atoms with Crippen molar-refractivity contribution in [1.29, 1.82) is 0 Å². The highest BCUT2D eigenvalue weighted by atomic mass is 16.5. The molecule has 0 bridgehead atoms. The van der Waals surface area contributed by atoms with Crippen LogP contribution in [0.15, 0.2) is 30.3 Å². The molecule has 0 aromatic heterocycles. The standard InChI is InChI=1S/C13H28N2.C12H22N2O2.C12H24N2O.C11H23N3O.C11H24N2.C10H22N2O.C9H20N2O.C7H9N.C6H16N2.C6H11NO.C6H13N.C5H12N2O/c1-4-14(3)11-8-13-7-6-10-15(5-2)12-9-13;1-10(15)13(3)7-4-12-5-8-14(9-6-12)11(2)16;1-4-13(3)8-5-12-6-9-14(10-7-12)11(2)15;1-4-12(3)10-11(15)14-8-6-13(5-2)7-9-14;1-3-12(2)10-11-13-8-6-4-5-7-9-13;1-3-11(2)6-7-12-5-4-9-13-10-8-12;1-3-10(2)4-5-11-6-8-12-9-7-11;1-8-7-5-3-2-4-6-7;1-7(2)5-6-8(3)4;1-7-5-3-2-4-6(7)8;1-7-5-3-2-4-6-7;1-6-4-5(8)7(2)3/h13H,4-12H2,1-3H3;12H,4-9H2,1-3H3;12H,4-10H2,1-3H3;4-10H2,1-3H3;3-11H2,1-2H3;3-10H2,1-2H3;3-9H2,1-2H3;2-6,8H,1H3;5-6H2,1-4H3;2-5H2,1H3;2-6H2,1H3;6H,4H2,1-3H3. The predicted octanol–water partition coefficient (Wildman–Crippen LogP) is 10.9. The summed E-state index contributed by atoms with van der Waals surface area (Å²) in [6.45, 7) is 70.0. The third-order valence-electron chi connectivity index (χ3n) is 28.1. The second kappa shape index (κ2) is 89.8. The number of amides is 6. The van der Waals surface area contributed by atoms with E-state index in [0.717, 1.165) is 207 Å². The van der Waals surface area contributed by atoms with Crippen molar-refractivity contribution < 1.29 is 38.2 Å². The van der Waals surface area contributed by atoms with Gasteiger partial charge in [0, 0.05) is 219 Å². The Hall–Kier alpha value is -4.84. The summed E-state index contributed by atoms with van der Waals surface area (Å²) in [7, 11) is 34.3. The number of ether oxygens (including phenoxy) is 2. The Morgan fingerprint density at radius 2 is 0.746 bits per heavy atom. The highest BCUT2D eigenvalue weighted by molar-refractivity contribution is 5.79. The molecular weight excluding hydrogens is 1730 g/mol. The number of piperidine rings is 4. The Labute approximate surface area is 850 Å². The average Bonchev–Trinajstić information content (AvgIpc) is 0.969. The van der Waals surface area contributed by atoms with Crippen molar-refractivity contribution in [2.24, 2.45) is 17.8 Å². The van der Waals surface area contributed by atoms with E-state index in [9.17, 15) is 28.8 Å². The number of para-hydroxylation sites is 1. The number of likely N-dealkylation sites (tertiary alicyclic amines) is 6. The van der Waals surface area contributed by atoms with Gasteiger partial charge in [0.25, 0.3) is 0 Å². The maximum absolute atomic E-state index is 11.8. The lowest BCUT2D eigenvalue weighted by atomic mass is 9.93. The fourth-order valence-electron chi connectivity index (χ4n) is 16.2. The first kappa shape index (κ1) is 135. The van der Waals surface area contributed by atoms with Gasteiger partial charge in [-0.05, 0) is 328 Å². The van der Waals surface area contributed by atoms with Gasteiger partial charge >= 0.3 is 0 Å². The van der Waals surface area contributed by atoms with Gasteiger partial charge in [-0.2, -0.15) is 0 Å². The van der Waals surface area contributed by atoms with Crippen molar-refractivity contribution in [3.63, 3.8) is 0 Å². The lowest BCUT2D eigenvalue weighted by molar-refractivity contribution is -0.134. The van der Waals surface area contributed by atoms with Crippen molar-refractivity contribution in [3.05, 3.63) is 30.3 Å². The fourth-order valence-corrected chi connectivity index (χ4v) is 16.2. The number of morpholine rings is 1. The van der Waals surface area contributed by atoms with Crippen molar-refractivity contribution in [2.75, 3.05) is 413 Å². The molecule has 30 heteroatoms. The monoisotopic (exact) mass is 1960 g/mol. The van der Waals surface area contributed by atoms with Crippen LogP contribution in [0.2, 0.25) is 0 Å². The van der Waals surface area contributed by atoms with Gasteiger partial charge in [-0.25, -0.2) is 0 Å². The summed E-state index contributed by atoms with van der Waals surface area (Å²) < 4.78 is 10.7. The van der Waals surface area contributed by atoms with Crippen molar-refractivity contribution >= 4 is 41.1 Å². The number of rotatable bonds is 34. The maximum Gasteiger partial charge on any atom is 0.236 e. The molecule has 0 spiro atoms. The van der Waals surface area contributed by atoms with Gasteiger partial charge in [0.05, 0.1) is 32.9 Å². The molecule has 10 rings (SSSR count). The minimum absolute atomic E-state index is 0.104. The third-order valence-corrected chi connectivity index (χ3v) is 28.1. The van der Waals surface area contributed by atoms with Crippen LogP contribution in [0.4, 0.5) is 5.69 Å². The van der Waals surface area contributed by atoms with Gasteiger partial charge < -0.3 is 103 Å². The Balaban J connectivity index is 0. The number of hydrogen-bond donors (Lipinski definition) is 2. The number of likely N-dealkylation sites (N-methyl/N-ethyl adjacent to an activating group) is 9. The molecule has 9 saturated heterocycles. The van der Waals surface area contributed by atoms with Crippen LogP contribution in [0.3, 0.4) is 0 Å². The van der Waals surface area contributed by atoms with E-state index in [-0.39, 0.29) is 29.5 Å². The average molecular weight is 1960 g/mol. The SMILES string of the molecule is CC(=O)N(C)CCC1CCN(C(C)=O)CC1.CCN(C)CC(=O)N1CCN(CC)CC1.CCN(C)CCC1CCCN(CC)CC1.CCN(C)CCC1CCN(C(C)=O)CC1.CCN(C)CCN1CCCCCC1.CCN(C)CCN1CCCOCC1.CCN(C)CCN1CCOCC1.CN(C)CCN(C)C.CN1CCCCC1.CN1CCCCC1=O.CNCC(=O)N(C)C.CNc1ccccc1. The normalized spacial score (nSPS) is 18.5. The summed E-state index contributed by atoms with van der Waals surface area (Å²) in [5, 5.41) is 5.78. The Bertz CT molecular complexity index is 2900. The number of nitrogens with zero attached hydrogens (tertiary/aromatic N) is 20. The first-order chi connectivity index (χ1) is 66.0. The molecule has 1 unspecified atom stereocenters. The van der Waals surface area contributed by atoms with Crippen LogP contribution in [0.1, 0.15) is 211 Å². The first-order valence-electron chi connectivity index (χ1n) is 54.7. The number of hydrogen-bond acceptors (Lipinski definition) is 24. The first-order valence-corrected chi connectivity index (χ1v) is 54.7. The third kappa shape index (κ3) is 77.7. The van der Waals surface area contributed by atoms with E-state index in [1.54, 1.807) is 56.6 Å². The zero-order valence-corrected chi connectivity index (χ0v) is 95.3. The van der Waals surface area contributed by atoms with Crippen molar-refractivity contribution in [3.8, 4) is 0 Å². The minimum Gasteiger partial charge on any atom is -0.388 e. The smallest absolute Gasteiger partial charge is 0.236 e. The molecule has 2 N–H and O–H groups in total. The van der Waals surface area contributed by atoms with Crippen LogP contribution >= 0.6 is 0 Å². The van der Waals surface area contributed by atoms with Crippen LogP contribution in [0.5, 0.6) is 0 Å². The molecule has 1 aromatic carbocycles. The number of carbonyl (C=O) groups excluding carboxylic acids is 6. The van der Waals surface area contributed by atoms with E-state index in [0.29, 0.717) is 24.9 Å². The molecule has 1 aromatic rings. The molecule has 138 heavy (non-hydrogen) atoms. The molecule has 6 amide bonds. The molecule has 9 aliphatic heterocycles.